The van der Waals surface area contributed by atoms with E-state index in [9.17, 15) is 4.79 Å². The molecule has 0 aliphatic rings. The van der Waals surface area contributed by atoms with E-state index in [-0.39, 0.29) is 5.56 Å². The Kier molecular flexibility index (Phi) is 7.76. The molecule has 1 N–H and O–H groups in total. The van der Waals surface area contributed by atoms with Gasteiger partial charge >= 0.3 is 0 Å². The van der Waals surface area contributed by atoms with Crippen LogP contribution in [0, 0.1) is 0 Å². The fourth-order valence-corrected chi connectivity index (χ4v) is 2.45. The van der Waals surface area contributed by atoms with E-state index in [1.165, 1.54) is 0 Å². The SMILES string of the molecule is CC.CC.CNc1ccc(-c2cc3ccccc3n(C)c2=O)cc1. The summed E-state index contributed by atoms with van der Waals surface area (Å²) in [4.78, 5) is 12.5. The van der Waals surface area contributed by atoms with Crippen molar-refractivity contribution >= 4 is 16.6 Å². The lowest BCUT2D eigenvalue weighted by Crippen LogP contribution is -2.18. The molecule has 0 atom stereocenters. The van der Waals surface area contributed by atoms with Crippen molar-refractivity contribution in [3.05, 3.63) is 65.0 Å². The number of rotatable bonds is 2. The van der Waals surface area contributed by atoms with Crippen molar-refractivity contribution in [1.29, 1.82) is 0 Å². The molecule has 0 unspecified atom stereocenters. The topological polar surface area (TPSA) is 34.0 Å². The number of hydrogen-bond donors (Lipinski definition) is 1. The zero-order valence-corrected chi connectivity index (χ0v) is 15.6. The minimum absolute atomic E-state index is 0.0286. The van der Waals surface area contributed by atoms with E-state index in [1.807, 2.05) is 96.4 Å². The van der Waals surface area contributed by atoms with E-state index in [1.54, 1.807) is 4.57 Å². The van der Waals surface area contributed by atoms with Crippen LogP contribution in [-0.4, -0.2) is 11.6 Å². The number of aromatic nitrogens is 1. The van der Waals surface area contributed by atoms with Crippen molar-refractivity contribution in [3.63, 3.8) is 0 Å². The Bertz CT molecular complexity index is 817. The molecule has 1 heterocycles. The quantitative estimate of drug-likeness (QED) is 0.694. The van der Waals surface area contributed by atoms with E-state index in [2.05, 4.69) is 5.32 Å². The van der Waals surface area contributed by atoms with Crippen LogP contribution >= 0.6 is 0 Å². The summed E-state index contributed by atoms with van der Waals surface area (Å²) >= 11 is 0. The average Bonchev–Trinajstić information content (AvgIpc) is 2.68. The first-order valence-electron chi connectivity index (χ1n) is 8.57. The van der Waals surface area contributed by atoms with Crippen LogP contribution in [0.1, 0.15) is 27.7 Å². The zero-order valence-electron chi connectivity index (χ0n) is 15.6. The normalized spacial score (nSPS) is 9.42. The number of nitrogens with one attached hydrogen (secondary N) is 1. The standard InChI is InChI=1S/C17H16N2O.2C2H6/c1-18-14-9-7-12(8-10-14)15-11-13-5-3-4-6-16(13)19(2)17(15)20;2*1-2/h3-11,18H,1-2H3;2*1-2H3. The van der Waals surface area contributed by atoms with Gasteiger partial charge in [0.05, 0.1) is 5.52 Å². The van der Waals surface area contributed by atoms with Gasteiger partial charge in [-0.25, -0.2) is 0 Å². The van der Waals surface area contributed by atoms with Crippen LogP contribution in [0.5, 0.6) is 0 Å². The van der Waals surface area contributed by atoms with Gasteiger partial charge in [-0.05, 0) is 35.2 Å². The third-order valence-electron chi connectivity index (χ3n) is 3.62. The first-order chi connectivity index (χ1) is 11.7. The highest BCUT2D eigenvalue weighted by Crippen LogP contribution is 2.22. The predicted molar refractivity (Wildman–Crippen MR) is 107 cm³/mol. The molecule has 128 valence electrons. The van der Waals surface area contributed by atoms with E-state index in [4.69, 9.17) is 0 Å². The lowest BCUT2D eigenvalue weighted by Gasteiger charge is -2.09. The van der Waals surface area contributed by atoms with Gasteiger partial charge in [0.2, 0.25) is 0 Å². The minimum atomic E-state index is 0.0286. The number of aryl methyl sites for hydroxylation is 1. The molecule has 3 rings (SSSR count). The summed E-state index contributed by atoms with van der Waals surface area (Å²) < 4.78 is 1.71. The van der Waals surface area contributed by atoms with Gasteiger partial charge in [0.15, 0.2) is 0 Å². The number of nitrogens with zero attached hydrogens (tertiary/aromatic N) is 1. The lowest BCUT2D eigenvalue weighted by molar-refractivity contribution is 0.909. The van der Waals surface area contributed by atoms with E-state index >= 15 is 0 Å². The van der Waals surface area contributed by atoms with Gasteiger partial charge in [-0.3, -0.25) is 4.79 Å². The molecular weight excluding hydrogens is 296 g/mol. The van der Waals surface area contributed by atoms with Gasteiger partial charge in [-0.1, -0.05) is 58.0 Å². The molecule has 0 aliphatic carbocycles. The maximum atomic E-state index is 12.5. The monoisotopic (exact) mass is 324 g/mol. The fourth-order valence-electron chi connectivity index (χ4n) is 2.45. The van der Waals surface area contributed by atoms with Crippen molar-refractivity contribution in [1.82, 2.24) is 4.57 Å². The maximum absolute atomic E-state index is 12.5. The van der Waals surface area contributed by atoms with Crippen molar-refractivity contribution < 1.29 is 0 Å². The van der Waals surface area contributed by atoms with Crippen LogP contribution < -0.4 is 10.9 Å². The van der Waals surface area contributed by atoms with Crippen molar-refractivity contribution in [3.8, 4) is 11.1 Å². The Hall–Kier alpha value is -2.55. The Morgan fingerprint density at radius 3 is 2.04 bits per heavy atom. The summed E-state index contributed by atoms with van der Waals surface area (Å²) in [6.07, 6.45) is 0. The molecule has 3 nitrogen and oxygen atoms in total. The minimum Gasteiger partial charge on any atom is -0.388 e. The van der Waals surface area contributed by atoms with E-state index < -0.39 is 0 Å². The molecule has 0 fully saturated rings. The molecule has 1 aromatic heterocycles. The first-order valence-corrected chi connectivity index (χ1v) is 8.57. The largest absolute Gasteiger partial charge is 0.388 e. The summed E-state index contributed by atoms with van der Waals surface area (Å²) in [6, 6.07) is 17.8. The summed E-state index contributed by atoms with van der Waals surface area (Å²) in [5.41, 5.74) is 3.68. The molecular formula is C21H28N2O. The molecule has 0 spiro atoms. The number of hydrogen-bond acceptors (Lipinski definition) is 2. The lowest BCUT2D eigenvalue weighted by atomic mass is 10.0. The average molecular weight is 324 g/mol. The highest BCUT2D eigenvalue weighted by atomic mass is 16.1. The number of pyridine rings is 1. The highest BCUT2D eigenvalue weighted by Gasteiger charge is 2.08. The van der Waals surface area contributed by atoms with Crippen LogP contribution in [0.3, 0.4) is 0 Å². The Morgan fingerprint density at radius 2 is 1.46 bits per heavy atom. The molecule has 24 heavy (non-hydrogen) atoms. The van der Waals surface area contributed by atoms with Gasteiger partial charge in [0.1, 0.15) is 0 Å². The van der Waals surface area contributed by atoms with Crippen LogP contribution in [-0.2, 0) is 7.05 Å². The summed E-state index contributed by atoms with van der Waals surface area (Å²) in [7, 11) is 3.69. The molecule has 0 bridgehead atoms. The van der Waals surface area contributed by atoms with Crippen LogP contribution in [0.4, 0.5) is 5.69 Å². The number of para-hydroxylation sites is 1. The van der Waals surface area contributed by atoms with Crippen molar-refractivity contribution in [2.24, 2.45) is 7.05 Å². The Labute approximate surface area is 145 Å². The summed E-state index contributed by atoms with van der Waals surface area (Å²) in [5.74, 6) is 0. The first kappa shape index (κ1) is 19.5. The number of fused-ring (bicyclic) bond motifs is 1. The molecule has 2 aromatic carbocycles. The van der Waals surface area contributed by atoms with E-state index in [0.29, 0.717) is 0 Å². The Balaban J connectivity index is 0.000000671. The van der Waals surface area contributed by atoms with Crippen LogP contribution in [0.15, 0.2) is 59.4 Å². The third-order valence-corrected chi connectivity index (χ3v) is 3.62. The zero-order chi connectivity index (χ0) is 18.1. The predicted octanol–water partition coefficient (Wildman–Crippen LogP) is 5.30. The molecule has 3 aromatic rings. The van der Waals surface area contributed by atoms with Crippen molar-refractivity contribution in [2.75, 3.05) is 12.4 Å². The van der Waals surface area contributed by atoms with Gasteiger partial charge in [0, 0.05) is 25.3 Å². The molecule has 0 saturated heterocycles. The second kappa shape index (κ2) is 9.56. The Morgan fingerprint density at radius 1 is 0.875 bits per heavy atom. The third kappa shape index (κ3) is 4.05. The number of anilines is 1. The van der Waals surface area contributed by atoms with Gasteiger partial charge in [-0.15, -0.1) is 0 Å². The molecule has 0 aliphatic heterocycles. The van der Waals surface area contributed by atoms with Crippen LogP contribution in [0.2, 0.25) is 0 Å². The second-order valence-corrected chi connectivity index (χ2v) is 4.81. The van der Waals surface area contributed by atoms with Crippen LogP contribution in [0.25, 0.3) is 22.0 Å². The second-order valence-electron chi connectivity index (χ2n) is 4.81. The van der Waals surface area contributed by atoms with E-state index in [0.717, 1.165) is 27.7 Å². The summed E-state index contributed by atoms with van der Waals surface area (Å²) in [5, 5.41) is 4.15. The summed E-state index contributed by atoms with van der Waals surface area (Å²) in [6.45, 7) is 8.00. The molecule has 3 heteroatoms. The molecule has 0 saturated carbocycles. The highest BCUT2D eigenvalue weighted by molar-refractivity contribution is 5.84. The van der Waals surface area contributed by atoms with Gasteiger partial charge in [-0.2, -0.15) is 0 Å². The molecule has 0 amide bonds. The fraction of sp³-hybridized carbons (Fsp3) is 0.286. The van der Waals surface area contributed by atoms with Gasteiger partial charge < -0.3 is 9.88 Å². The number of benzene rings is 2. The smallest absolute Gasteiger partial charge is 0.258 e. The maximum Gasteiger partial charge on any atom is 0.258 e. The van der Waals surface area contributed by atoms with Gasteiger partial charge in [0.25, 0.3) is 5.56 Å². The molecule has 0 radical (unpaired) electrons. The van der Waals surface area contributed by atoms with Crippen molar-refractivity contribution in [2.45, 2.75) is 27.7 Å².